The fraction of sp³-hybridized carbons (Fsp3) is 0.526. The molecular formula is C19H26N4O2S. The van der Waals surface area contributed by atoms with E-state index in [1.807, 2.05) is 6.07 Å². The summed E-state index contributed by atoms with van der Waals surface area (Å²) >= 11 is 1.44. The molecular weight excluding hydrogens is 348 g/mol. The molecule has 2 aromatic rings. The van der Waals surface area contributed by atoms with E-state index >= 15 is 0 Å². The van der Waals surface area contributed by atoms with Crippen molar-refractivity contribution in [2.45, 2.75) is 50.4 Å². The van der Waals surface area contributed by atoms with Crippen LogP contribution in [-0.2, 0) is 28.9 Å². The highest BCUT2D eigenvalue weighted by atomic mass is 32.2. The van der Waals surface area contributed by atoms with Gasteiger partial charge < -0.3 is 14.6 Å². The maximum atomic E-state index is 12.0. The quantitative estimate of drug-likeness (QED) is 0.683. The molecule has 1 atom stereocenters. The van der Waals surface area contributed by atoms with Crippen LogP contribution in [0.5, 0.6) is 0 Å². The van der Waals surface area contributed by atoms with Crippen LogP contribution in [0.2, 0.25) is 0 Å². The van der Waals surface area contributed by atoms with E-state index in [1.165, 1.54) is 17.3 Å². The third kappa shape index (κ3) is 5.32. The number of nitrogens with zero attached hydrogens (tertiary/aromatic N) is 3. The van der Waals surface area contributed by atoms with Crippen LogP contribution in [0.3, 0.4) is 0 Å². The van der Waals surface area contributed by atoms with E-state index in [1.54, 1.807) is 0 Å². The third-order valence-corrected chi connectivity index (χ3v) is 5.44. The van der Waals surface area contributed by atoms with E-state index in [0.29, 0.717) is 12.3 Å². The van der Waals surface area contributed by atoms with E-state index in [9.17, 15) is 4.79 Å². The van der Waals surface area contributed by atoms with Crippen LogP contribution in [0.4, 0.5) is 0 Å². The Labute approximate surface area is 158 Å². The summed E-state index contributed by atoms with van der Waals surface area (Å²) in [5, 5.41) is 12.4. The summed E-state index contributed by atoms with van der Waals surface area (Å²) in [6.07, 6.45) is 4.07. The number of benzene rings is 1. The molecule has 1 aromatic carbocycles. The van der Waals surface area contributed by atoms with Gasteiger partial charge in [-0.05, 0) is 31.7 Å². The van der Waals surface area contributed by atoms with Crippen molar-refractivity contribution in [1.29, 1.82) is 0 Å². The molecule has 0 spiro atoms. The summed E-state index contributed by atoms with van der Waals surface area (Å²) < 4.78 is 7.62. The first-order valence-electron chi connectivity index (χ1n) is 9.23. The van der Waals surface area contributed by atoms with Gasteiger partial charge in [-0.2, -0.15) is 0 Å². The number of thioether (sulfide) groups is 1. The molecule has 1 aliphatic rings. The lowest BCUT2D eigenvalue weighted by Gasteiger charge is -2.11. The van der Waals surface area contributed by atoms with Gasteiger partial charge in [-0.1, -0.05) is 42.1 Å². The number of nitrogens with one attached hydrogen (secondary N) is 1. The van der Waals surface area contributed by atoms with Crippen molar-refractivity contribution in [3.8, 4) is 0 Å². The van der Waals surface area contributed by atoms with Gasteiger partial charge in [0.05, 0.1) is 11.9 Å². The number of carbonyl (C=O) groups is 1. The molecule has 0 radical (unpaired) electrons. The number of rotatable bonds is 9. The molecule has 140 valence electrons. The van der Waals surface area contributed by atoms with Crippen molar-refractivity contribution < 1.29 is 9.53 Å². The van der Waals surface area contributed by atoms with Crippen LogP contribution in [0.1, 0.15) is 31.2 Å². The monoisotopic (exact) mass is 374 g/mol. The van der Waals surface area contributed by atoms with Gasteiger partial charge in [-0.15, -0.1) is 10.2 Å². The smallest absolute Gasteiger partial charge is 0.230 e. The van der Waals surface area contributed by atoms with Crippen LogP contribution in [-0.4, -0.2) is 45.7 Å². The Morgan fingerprint density at radius 2 is 2.15 bits per heavy atom. The Balaban J connectivity index is 1.48. The van der Waals surface area contributed by atoms with Crippen molar-refractivity contribution in [3.63, 3.8) is 0 Å². The standard InChI is InChI=1S/C19H26N4O2S/c1-2-23-17(11-10-15-7-4-3-5-8-15)21-22-19(23)26-14-18(24)20-13-16-9-6-12-25-16/h3-5,7-8,16H,2,6,9-14H2,1H3,(H,20,24)/t16-/m0/s1. The molecule has 1 amide bonds. The number of carbonyl (C=O) groups excluding carboxylic acids is 1. The summed E-state index contributed by atoms with van der Waals surface area (Å²) in [5.41, 5.74) is 1.29. The molecule has 26 heavy (non-hydrogen) atoms. The van der Waals surface area contributed by atoms with Gasteiger partial charge in [-0.25, -0.2) is 0 Å². The predicted octanol–water partition coefficient (Wildman–Crippen LogP) is 2.47. The lowest BCUT2D eigenvalue weighted by molar-refractivity contribution is -0.119. The fourth-order valence-electron chi connectivity index (χ4n) is 3.04. The topological polar surface area (TPSA) is 69.0 Å². The van der Waals surface area contributed by atoms with E-state index in [-0.39, 0.29) is 12.0 Å². The summed E-state index contributed by atoms with van der Waals surface area (Å²) in [6, 6.07) is 10.4. The molecule has 1 saturated heterocycles. The van der Waals surface area contributed by atoms with Crippen molar-refractivity contribution in [3.05, 3.63) is 41.7 Å². The lowest BCUT2D eigenvalue weighted by atomic mass is 10.1. The van der Waals surface area contributed by atoms with Gasteiger partial charge in [0.25, 0.3) is 0 Å². The molecule has 0 aliphatic carbocycles. The molecule has 0 bridgehead atoms. The molecule has 1 fully saturated rings. The molecule has 1 N–H and O–H groups in total. The zero-order chi connectivity index (χ0) is 18.2. The van der Waals surface area contributed by atoms with Crippen LogP contribution in [0.15, 0.2) is 35.5 Å². The number of hydrogen-bond donors (Lipinski definition) is 1. The van der Waals surface area contributed by atoms with Crippen LogP contribution in [0.25, 0.3) is 0 Å². The summed E-state index contributed by atoms with van der Waals surface area (Å²) in [4.78, 5) is 12.0. The predicted molar refractivity (Wildman–Crippen MR) is 102 cm³/mol. The number of amides is 1. The maximum absolute atomic E-state index is 12.0. The molecule has 2 heterocycles. The molecule has 1 aliphatic heterocycles. The van der Waals surface area contributed by atoms with Crippen LogP contribution < -0.4 is 5.32 Å². The molecule has 6 nitrogen and oxygen atoms in total. The molecule has 7 heteroatoms. The minimum Gasteiger partial charge on any atom is -0.376 e. The fourth-order valence-corrected chi connectivity index (χ4v) is 3.89. The second kappa shape index (κ2) is 9.73. The highest BCUT2D eigenvalue weighted by Gasteiger charge is 2.17. The molecule has 1 aromatic heterocycles. The van der Waals surface area contributed by atoms with E-state index in [2.05, 4.69) is 51.3 Å². The molecule has 0 unspecified atom stereocenters. The Bertz CT molecular complexity index is 699. The molecule has 3 rings (SSSR count). The number of ether oxygens (including phenoxy) is 1. The van der Waals surface area contributed by atoms with Gasteiger partial charge >= 0.3 is 0 Å². The first-order valence-corrected chi connectivity index (χ1v) is 10.2. The second-order valence-electron chi connectivity index (χ2n) is 6.36. The average molecular weight is 375 g/mol. The first-order chi connectivity index (χ1) is 12.8. The van der Waals surface area contributed by atoms with Gasteiger partial charge in [-0.3, -0.25) is 4.79 Å². The number of aryl methyl sites for hydroxylation is 2. The Kier molecular flexibility index (Phi) is 7.08. The van der Waals surface area contributed by atoms with Gasteiger partial charge in [0.15, 0.2) is 5.16 Å². The van der Waals surface area contributed by atoms with Crippen molar-refractivity contribution >= 4 is 17.7 Å². The summed E-state index contributed by atoms with van der Waals surface area (Å²) in [6.45, 7) is 4.29. The van der Waals surface area contributed by atoms with Gasteiger partial charge in [0.1, 0.15) is 5.82 Å². The minimum absolute atomic E-state index is 0.0157. The van der Waals surface area contributed by atoms with Gasteiger partial charge in [0, 0.05) is 26.1 Å². The molecule has 0 saturated carbocycles. The van der Waals surface area contributed by atoms with Crippen molar-refractivity contribution in [1.82, 2.24) is 20.1 Å². The third-order valence-electron chi connectivity index (χ3n) is 4.47. The Morgan fingerprint density at radius 3 is 2.88 bits per heavy atom. The minimum atomic E-state index is 0.0157. The zero-order valence-electron chi connectivity index (χ0n) is 15.2. The van der Waals surface area contributed by atoms with E-state index < -0.39 is 0 Å². The van der Waals surface area contributed by atoms with Crippen LogP contribution in [0, 0.1) is 0 Å². The Morgan fingerprint density at radius 1 is 1.31 bits per heavy atom. The van der Waals surface area contributed by atoms with Crippen molar-refractivity contribution in [2.24, 2.45) is 0 Å². The SMILES string of the molecule is CCn1c(CCc2ccccc2)nnc1SCC(=O)NC[C@@H]1CCCO1. The van der Waals surface area contributed by atoms with Gasteiger partial charge in [0.2, 0.25) is 5.91 Å². The normalized spacial score (nSPS) is 16.7. The average Bonchev–Trinajstić information content (AvgIpc) is 3.33. The largest absolute Gasteiger partial charge is 0.376 e. The maximum Gasteiger partial charge on any atom is 0.230 e. The van der Waals surface area contributed by atoms with Crippen molar-refractivity contribution in [2.75, 3.05) is 18.9 Å². The van der Waals surface area contributed by atoms with E-state index in [4.69, 9.17) is 4.74 Å². The van der Waals surface area contributed by atoms with E-state index in [0.717, 1.165) is 49.8 Å². The first kappa shape index (κ1) is 18.9. The van der Waals surface area contributed by atoms with Crippen LogP contribution >= 0.6 is 11.8 Å². The Hall–Kier alpha value is -1.86. The second-order valence-corrected chi connectivity index (χ2v) is 7.30. The lowest BCUT2D eigenvalue weighted by Crippen LogP contribution is -2.32. The summed E-state index contributed by atoms with van der Waals surface area (Å²) in [5.74, 6) is 1.34. The summed E-state index contributed by atoms with van der Waals surface area (Å²) in [7, 11) is 0. The highest BCUT2D eigenvalue weighted by molar-refractivity contribution is 7.99. The number of hydrogen-bond acceptors (Lipinski definition) is 5. The highest BCUT2D eigenvalue weighted by Crippen LogP contribution is 2.18. The zero-order valence-corrected chi connectivity index (χ0v) is 16.0. The number of aromatic nitrogens is 3.